The normalized spacial score (nSPS) is 12.1. The van der Waals surface area contributed by atoms with Crippen molar-refractivity contribution in [2.45, 2.75) is 6.92 Å². The van der Waals surface area contributed by atoms with Gasteiger partial charge in [-0.2, -0.15) is 5.10 Å². The van der Waals surface area contributed by atoms with E-state index in [1.807, 2.05) is 43.3 Å². The van der Waals surface area contributed by atoms with Crippen molar-refractivity contribution in [1.29, 1.82) is 0 Å². The Morgan fingerprint density at radius 2 is 1.67 bits per heavy atom. The zero-order chi connectivity index (χ0) is 15.6. The van der Waals surface area contributed by atoms with Crippen LogP contribution in [0.2, 0.25) is 0 Å². The van der Waals surface area contributed by atoms with Gasteiger partial charge in [-0.1, -0.05) is 18.2 Å². The van der Waals surface area contributed by atoms with Gasteiger partial charge < -0.3 is 0 Å². The summed E-state index contributed by atoms with van der Waals surface area (Å²) in [7, 11) is 4.32. The first-order valence-corrected chi connectivity index (χ1v) is 8.32. The molecule has 0 radical (unpaired) electrons. The summed E-state index contributed by atoms with van der Waals surface area (Å²) in [6.45, 7) is 1.92. The van der Waals surface area contributed by atoms with Crippen LogP contribution in [0.3, 0.4) is 0 Å². The molecule has 0 atom stereocenters. The van der Waals surface area contributed by atoms with Crippen molar-refractivity contribution in [3.63, 3.8) is 0 Å². The summed E-state index contributed by atoms with van der Waals surface area (Å²) in [4.78, 5) is 0. The molecule has 0 unspecified atom stereocenters. The Morgan fingerprint density at radius 3 is 2.19 bits per heavy atom. The molecular weight excluding hydrogens is 285 g/mol. The number of aryl methyl sites for hydroxylation is 1. The summed E-state index contributed by atoms with van der Waals surface area (Å²) >= 11 is 0. The minimum atomic E-state index is -2.86. The van der Waals surface area contributed by atoms with Gasteiger partial charge >= 0.3 is 7.59 Å². The van der Waals surface area contributed by atoms with Gasteiger partial charge in [-0.25, -0.2) is 14.0 Å². The molecule has 6 nitrogen and oxygen atoms in total. The second-order valence-corrected chi connectivity index (χ2v) is 8.18. The average Bonchev–Trinajstić information content (AvgIpc) is 2.80. The number of anilines is 1. The number of hydrogen-bond acceptors (Lipinski definition) is 2. The van der Waals surface area contributed by atoms with Crippen molar-refractivity contribution in [2.24, 2.45) is 0 Å². The predicted molar refractivity (Wildman–Crippen MR) is 86.9 cm³/mol. The molecule has 0 aliphatic rings. The summed E-state index contributed by atoms with van der Waals surface area (Å²) in [5.41, 5.74) is 1.79. The molecule has 1 heterocycles. The van der Waals surface area contributed by atoms with Crippen LogP contribution in [0.4, 0.5) is 5.82 Å². The quantitative estimate of drug-likeness (QED) is 0.861. The van der Waals surface area contributed by atoms with Gasteiger partial charge in [-0.05, 0) is 47.2 Å². The largest absolute Gasteiger partial charge is 0.308 e. The zero-order valence-corrected chi connectivity index (χ0v) is 14.0. The Kier molecular flexibility index (Phi) is 4.52. The van der Waals surface area contributed by atoms with Gasteiger partial charge in [0.2, 0.25) is 0 Å². The highest BCUT2D eigenvalue weighted by Gasteiger charge is 2.29. The van der Waals surface area contributed by atoms with Crippen molar-refractivity contribution >= 4 is 13.4 Å². The fourth-order valence-electron chi connectivity index (χ4n) is 2.05. The molecule has 1 aromatic carbocycles. The Balaban J connectivity index is 2.44. The maximum atomic E-state index is 13.1. The van der Waals surface area contributed by atoms with Crippen LogP contribution in [0.25, 0.3) is 5.69 Å². The first-order valence-electron chi connectivity index (χ1n) is 6.70. The molecule has 0 spiro atoms. The molecule has 1 N–H and O–H groups in total. The molecule has 0 aliphatic carbocycles. The molecule has 2 aromatic rings. The monoisotopic (exact) mass is 307 g/mol. The van der Waals surface area contributed by atoms with Crippen LogP contribution in [-0.2, 0) is 4.57 Å². The summed E-state index contributed by atoms with van der Waals surface area (Å²) < 4.78 is 18.2. The molecule has 0 aliphatic heterocycles. The standard InChI is InChI=1S/C14H22N5OP/c1-12-11-14(16-21(20,17(2)3)18(4)5)19(15-12)13-9-7-6-8-10-13/h6-11H,1-5H3,(H,16,20). The molecule has 0 saturated carbocycles. The SMILES string of the molecule is Cc1cc(NP(=O)(N(C)C)N(C)C)n(-c2ccccc2)n1. The fraction of sp³-hybridized carbons (Fsp3) is 0.357. The number of hydrogen-bond donors (Lipinski definition) is 1. The van der Waals surface area contributed by atoms with Crippen molar-refractivity contribution in [3.8, 4) is 5.69 Å². The van der Waals surface area contributed by atoms with Gasteiger partial charge in [0, 0.05) is 6.07 Å². The molecule has 7 heteroatoms. The van der Waals surface area contributed by atoms with E-state index in [0.29, 0.717) is 5.82 Å². The van der Waals surface area contributed by atoms with Crippen LogP contribution in [-0.4, -0.2) is 47.3 Å². The van der Waals surface area contributed by atoms with E-state index in [9.17, 15) is 4.57 Å². The number of nitrogens with one attached hydrogen (secondary N) is 1. The number of nitrogens with zero attached hydrogens (tertiary/aromatic N) is 4. The lowest BCUT2D eigenvalue weighted by Gasteiger charge is -2.31. The first kappa shape index (κ1) is 15.8. The van der Waals surface area contributed by atoms with Gasteiger partial charge in [-0.3, -0.25) is 9.65 Å². The van der Waals surface area contributed by atoms with Crippen molar-refractivity contribution in [1.82, 2.24) is 19.1 Å². The third-order valence-corrected chi connectivity index (χ3v) is 5.87. The van der Waals surface area contributed by atoms with E-state index in [-0.39, 0.29) is 0 Å². The lowest BCUT2D eigenvalue weighted by Crippen LogP contribution is -2.26. The predicted octanol–water partition coefficient (Wildman–Crippen LogP) is 2.82. The molecular formula is C14H22N5OP. The number of rotatable bonds is 5. The number of para-hydroxylation sites is 1. The Hall–Kier alpha value is -1.62. The second kappa shape index (κ2) is 6.02. The van der Waals surface area contributed by atoms with Gasteiger partial charge in [-0.15, -0.1) is 0 Å². The topological polar surface area (TPSA) is 53.4 Å². The maximum absolute atomic E-state index is 13.1. The van der Waals surface area contributed by atoms with Crippen molar-refractivity contribution in [3.05, 3.63) is 42.1 Å². The van der Waals surface area contributed by atoms with E-state index in [4.69, 9.17) is 0 Å². The Morgan fingerprint density at radius 1 is 1.10 bits per heavy atom. The molecule has 21 heavy (non-hydrogen) atoms. The highest BCUT2D eigenvalue weighted by atomic mass is 31.2. The van der Waals surface area contributed by atoms with Gasteiger partial charge in [0.05, 0.1) is 11.4 Å². The zero-order valence-electron chi connectivity index (χ0n) is 13.1. The van der Waals surface area contributed by atoms with Crippen LogP contribution in [0.1, 0.15) is 5.69 Å². The van der Waals surface area contributed by atoms with Crippen LogP contribution in [0.5, 0.6) is 0 Å². The minimum Gasteiger partial charge on any atom is -0.297 e. The minimum absolute atomic E-state index is 0.712. The van der Waals surface area contributed by atoms with Crippen LogP contribution in [0, 0.1) is 6.92 Å². The van der Waals surface area contributed by atoms with Crippen LogP contribution >= 0.6 is 7.59 Å². The Labute approximate surface area is 125 Å². The van der Waals surface area contributed by atoms with E-state index in [1.165, 1.54) is 0 Å². The first-order chi connectivity index (χ1) is 9.84. The van der Waals surface area contributed by atoms with Crippen LogP contribution in [0.15, 0.2) is 36.4 Å². The van der Waals surface area contributed by atoms with Crippen molar-refractivity contribution in [2.75, 3.05) is 33.3 Å². The molecule has 1 aromatic heterocycles. The van der Waals surface area contributed by atoms with Crippen molar-refractivity contribution < 1.29 is 4.57 Å². The lowest BCUT2D eigenvalue weighted by atomic mass is 10.3. The second-order valence-electron chi connectivity index (χ2n) is 5.27. The lowest BCUT2D eigenvalue weighted by molar-refractivity contribution is 0.453. The molecule has 0 fully saturated rings. The number of benzene rings is 1. The smallest absolute Gasteiger partial charge is 0.297 e. The summed E-state index contributed by atoms with van der Waals surface area (Å²) in [5.74, 6) is 0.712. The van der Waals surface area contributed by atoms with E-state index >= 15 is 0 Å². The van der Waals surface area contributed by atoms with E-state index in [0.717, 1.165) is 11.4 Å². The van der Waals surface area contributed by atoms with Gasteiger partial charge in [0.1, 0.15) is 5.82 Å². The Bertz CT molecular complexity index is 639. The molecule has 0 bridgehead atoms. The molecule has 0 saturated heterocycles. The van der Waals surface area contributed by atoms with Gasteiger partial charge in [0.15, 0.2) is 0 Å². The summed E-state index contributed by atoms with van der Waals surface area (Å²) in [6, 6.07) is 11.7. The third-order valence-electron chi connectivity index (χ3n) is 3.18. The summed E-state index contributed by atoms with van der Waals surface area (Å²) in [5, 5.41) is 7.63. The van der Waals surface area contributed by atoms with Crippen LogP contribution < -0.4 is 5.09 Å². The highest BCUT2D eigenvalue weighted by Crippen LogP contribution is 2.49. The third kappa shape index (κ3) is 3.18. The maximum Gasteiger partial charge on any atom is 0.308 e. The average molecular weight is 307 g/mol. The fourth-order valence-corrected chi connectivity index (χ4v) is 3.63. The molecule has 0 amide bonds. The molecule has 114 valence electrons. The van der Waals surface area contributed by atoms with E-state index in [2.05, 4.69) is 10.2 Å². The number of aromatic nitrogens is 2. The highest BCUT2D eigenvalue weighted by molar-refractivity contribution is 7.60. The van der Waals surface area contributed by atoms with E-state index < -0.39 is 7.59 Å². The van der Waals surface area contributed by atoms with E-state index in [1.54, 1.807) is 42.2 Å². The van der Waals surface area contributed by atoms with Gasteiger partial charge in [0.25, 0.3) is 0 Å². The summed E-state index contributed by atoms with van der Waals surface area (Å²) in [6.07, 6.45) is 0. The molecule has 2 rings (SSSR count).